The molecule has 0 fully saturated rings. The molecule has 6 nitrogen and oxygen atoms in total. The van der Waals surface area contributed by atoms with Crippen LogP contribution in [-0.2, 0) is 13.1 Å². The highest BCUT2D eigenvalue weighted by Crippen LogP contribution is 2.17. The number of nitrogens with one attached hydrogen (secondary N) is 1. The van der Waals surface area contributed by atoms with Gasteiger partial charge in [-0.2, -0.15) is 10.2 Å². The zero-order valence-corrected chi connectivity index (χ0v) is 14.3. The maximum absolute atomic E-state index is 12.4. The lowest BCUT2D eigenvalue weighted by Crippen LogP contribution is -2.17. The highest BCUT2D eigenvalue weighted by molar-refractivity contribution is 6.34. The highest BCUT2D eigenvalue weighted by Gasteiger charge is 2.17. The van der Waals surface area contributed by atoms with Crippen LogP contribution in [0.25, 0.3) is 0 Å². The van der Waals surface area contributed by atoms with E-state index in [0.29, 0.717) is 29.5 Å². The Bertz CT molecular complexity index is 868. The fraction of sp³-hybridized carbons (Fsp3) is 0.235. The van der Waals surface area contributed by atoms with Crippen LogP contribution < -0.4 is 5.32 Å². The molecule has 0 saturated heterocycles. The van der Waals surface area contributed by atoms with E-state index in [-0.39, 0.29) is 5.91 Å². The zero-order valence-electron chi connectivity index (χ0n) is 13.5. The summed E-state index contributed by atoms with van der Waals surface area (Å²) < 4.78 is 3.35. The number of hydrogen-bond donors (Lipinski definition) is 1. The van der Waals surface area contributed by atoms with Crippen molar-refractivity contribution in [1.82, 2.24) is 19.6 Å². The molecule has 124 valence electrons. The van der Waals surface area contributed by atoms with Crippen LogP contribution in [0.2, 0.25) is 5.02 Å². The van der Waals surface area contributed by atoms with Crippen molar-refractivity contribution in [3.63, 3.8) is 0 Å². The summed E-state index contributed by atoms with van der Waals surface area (Å²) in [6.45, 7) is 5.19. The number of nitrogens with zero attached hydrogens (tertiary/aromatic N) is 4. The van der Waals surface area contributed by atoms with Crippen molar-refractivity contribution in [2.45, 2.75) is 26.9 Å². The maximum atomic E-state index is 12.4. The standard InChI is InChI=1S/C17H18ClN5O/c1-3-23-16(15(18)9-20-23)17(24)21-14-8-19-22(11-14)10-13-7-5-4-6-12(13)2/h4-9,11H,3,10H2,1-2H3,(H,21,24). The number of aromatic nitrogens is 4. The number of anilines is 1. The van der Waals surface area contributed by atoms with Crippen LogP contribution in [0.5, 0.6) is 0 Å². The Morgan fingerprint density at radius 1 is 1.25 bits per heavy atom. The third-order valence-electron chi connectivity index (χ3n) is 3.79. The summed E-state index contributed by atoms with van der Waals surface area (Å²) in [7, 11) is 0. The van der Waals surface area contributed by atoms with Gasteiger partial charge < -0.3 is 5.32 Å². The molecule has 2 aromatic heterocycles. The monoisotopic (exact) mass is 343 g/mol. The van der Waals surface area contributed by atoms with Crippen molar-refractivity contribution in [3.05, 3.63) is 64.7 Å². The number of rotatable bonds is 5. The van der Waals surface area contributed by atoms with Crippen molar-refractivity contribution in [2.75, 3.05) is 5.32 Å². The summed E-state index contributed by atoms with van der Waals surface area (Å²) in [5.41, 5.74) is 3.36. The molecule has 7 heteroatoms. The molecular formula is C17H18ClN5O. The van der Waals surface area contributed by atoms with E-state index >= 15 is 0 Å². The molecule has 3 rings (SSSR count). The SMILES string of the molecule is CCn1ncc(Cl)c1C(=O)Nc1cnn(Cc2ccccc2C)c1. The van der Waals surface area contributed by atoms with Gasteiger partial charge in [-0.3, -0.25) is 14.2 Å². The lowest BCUT2D eigenvalue weighted by molar-refractivity contribution is 0.101. The molecule has 0 spiro atoms. The molecule has 0 aliphatic carbocycles. The first-order chi connectivity index (χ1) is 11.6. The molecule has 24 heavy (non-hydrogen) atoms. The quantitative estimate of drug-likeness (QED) is 0.772. The van der Waals surface area contributed by atoms with Gasteiger partial charge in [0.1, 0.15) is 5.69 Å². The second-order valence-corrected chi connectivity index (χ2v) is 5.87. The number of aryl methyl sites for hydroxylation is 2. The molecular weight excluding hydrogens is 326 g/mol. The Balaban J connectivity index is 1.73. The minimum absolute atomic E-state index is 0.296. The number of amides is 1. The van der Waals surface area contributed by atoms with Gasteiger partial charge in [0.15, 0.2) is 0 Å². The average molecular weight is 344 g/mol. The molecule has 0 bridgehead atoms. The van der Waals surface area contributed by atoms with Crippen molar-refractivity contribution in [3.8, 4) is 0 Å². The fourth-order valence-corrected chi connectivity index (χ4v) is 2.72. The molecule has 0 unspecified atom stereocenters. The lowest BCUT2D eigenvalue weighted by atomic mass is 10.1. The van der Waals surface area contributed by atoms with Crippen molar-refractivity contribution < 1.29 is 4.79 Å². The van der Waals surface area contributed by atoms with E-state index in [1.54, 1.807) is 21.8 Å². The smallest absolute Gasteiger partial charge is 0.275 e. The van der Waals surface area contributed by atoms with Crippen LogP contribution in [0.4, 0.5) is 5.69 Å². The first kappa shape index (κ1) is 16.3. The Labute approximate surface area is 145 Å². The topological polar surface area (TPSA) is 64.7 Å². The van der Waals surface area contributed by atoms with E-state index in [1.807, 2.05) is 19.1 Å². The van der Waals surface area contributed by atoms with Crippen LogP contribution >= 0.6 is 11.6 Å². The summed E-state index contributed by atoms with van der Waals surface area (Å²) in [6.07, 6.45) is 4.89. The third kappa shape index (κ3) is 3.33. The van der Waals surface area contributed by atoms with Gasteiger partial charge >= 0.3 is 0 Å². The highest BCUT2D eigenvalue weighted by atomic mass is 35.5. The Morgan fingerprint density at radius 2 is 2.04 bits per heavy atom. The minimum atomic E-state index is -0.296. The predicted octanol–water partition coefficient (Wildman–Crippen LogP) is 3.36. The Hall–Kier alpha value is -2.60. The molecule has 1 N–H and O–H groups in total. The zero-order chi connectivity index (χ0) is 17.1. The minimum Gasteiger partial charge on any atom is -0.318 e. The van der Waals surface area contributed by atoms with Gasteiger partial charge in [0.05, 0.1) is 29.6 Å². The van der Waals surface area contributed by atoms with E-state index in [9.17, 15) is 4.79 Å². The summed E-state index contributed by atoms with van der Waals surface area (Å²) >= 11 is 6.05. The summed E-state index contributed by atoms with van der Waals surface area (Å²) in [5.74, 6) is -0.296. The van der Waals surface area contributed by atoms with Gasteiger partial charge in [-0.25, -0.2) is 0 Å². The normalized spacial score (nSPS) is 10.8. The molecule has 0 radical (unpaired) electrons. The Kier molecular flexibility index (Phi) is 4.66. The Morgan fingerprint density at radius 3 is 2.79 bits per heavy atom. The van der Waals surface area contributed by atoms with E-state index < -0.39 is 0 Å². The first-order valence-corrected chi connectivity index (χ1v) is 8.06. The largest absolute Gasteiger partial charge is 0.318 e. The van der Waals surface area contributed by atoms with Gasteiger partial charge in [-0.05, 0) is 25.0 Å². The average Bonchev–Trinajstić information content (AvgIpc) is 3.15. The molecule has 2 heterocycles. The molecule has 3 aromatic rings. The number of hydrogen-bond acceptors (Lipinski definition) is 3. The van der Waals surface area contributed by atoms with Crippen LogP contribution in [0.1, 0.15) is 28.5 Å². The van der Waals surface area contributed by atoms with Crippen molar-refractivity contribution >= 4 is 23.2 Å². The molecule has 1 amide bonds. The molecule has 1 aromatic carbocycles. The second kappa shape index (κ2) is 6.88. The van der Waals surface area contributed by atoms with E-state index in [4.69, 9.17) is 11.6 Å². The maximum Gasteiger partial charge on any atom is 0.275 e. The third-order valence-corrected chi connectivity index (χ3v) is 4.07. The van der Waals surface area contributed by atoms with Crippen LogP contribution in [0, 0.1) is 6.92 Å². The molecule has 0 atom stereocenters. The van der Waals surface area contributed by atoms with Gasteiger partial charge in [-0.1, -0.05) is 35.9 Å². The van der Waals surface area contributed by atoms with Gasteiger partial charge in [0.2, 0.25) is 0 Å². The van der Waals surface area contributed by atoms with Crippen LogP contribution in [0.3, 0.4) is 0 Å². The predicted molar refractivity (Wildman–Crippen MR) is 93.4 cm³/mol. The fourth-order valence-electron chi connectivity index (χ4n) is 2.49. The molecule has 0 saturated carbocycles. The van der Waals surface area contributed by atoms with E-state index in [2.05, 4.69) is 34.6 Å². The van der Waals surface area contributed by atoms with Crippen LogP contribution in [-0.4, -0.2) is 25.5 Å². The van der Waals surface area contributed by atoms with Gasteiger partial charge in [0, 0.05) is 12.7 Å². The van der Waals surface area contributed by atoms with Crippen LogP contribution in [0.15, 0.2) is 42.9 Å². The van der Waals surface area contributed by atoms with Crippen molar-refractivity contribution in [2.24, 2.45) is 0 Å². The summed E-state index contributed by atoms with van der Waals surface area (Å²) in [6, 6.07) is 8.14. The number of halogens is 1. The first-order valence-electron chi connectivity index (χ1n) is 7.68. The summed E-state index contributed by atoms with van der Waals surface area (Å²) in [4.78, 5) is 12.4. The van der Waals surface area contributed by atoms with Crippen molar-refractivity contribution in [1.29, 1.82) is 0 Å². The number of carbonyl (C=O) groups excluding carboxylic acids is 1. The number of carbonyl (C=O) groups is 1. The molecule has 0 aliphatic rings. The lowest BCUT2D eigenvalue weighted by Gasteiger charge is -2.06. The second-order valence-electron chi connectivity index (χ2n) is 5.46. The van der Waals surface area contributed by atoms with Gasteiger partial charge in [0.25, 0.3) is 5.91 Å². The van der Waals surface area contributed by atoms with Gasteiger partial charge in [-0.15, -0.1) is 0 Å². The summed E-state index contributed by atoms with van der Waals surface area (Å²) in [5, 5.41) is 11.5. The van der Waals surface area contributed by atoms with E-state index in [1.165, 1.54) is 17.3 Å². The molecule has 0 aliphatic heterocycles. The number of benzene rings is 1. The van der Waals surface area contributed by atoms with E-state index in [0.717, 1.165) is 0 Å².